The lowest BCUT2D eigenvalue weighted by Gasteiger charge is -2.29. The Bertz CT molecular complexity index is 1040. The number of carbonyl (C=O) groups excluding carboxylic acids is 1. The van der Waals surface area contributed by atoms with Crippen LogP contribution in [0.25, 0.3) is 0 Å². The molecular weight excluding hydrogens is 431 g/mol. The van der Waals surface area contributed by atoms with Gasteiger partial charge in [-0.3, -0.25) is 4.79 Å². The quantitative estimate of drug-likeness (QED) is 0.600. The van der Waals surface area contributed by atoms with Gasteiger partial charge in [0.2, 0.25) is 15.8 Å². The van der Waals surface area contributed by atoms with Crippen molar-refractivity contribution in [3.8, 4) is 0 Å². The van der Waals surface area contributed by atoms with Crippen molar-refractivity contribution < 1.29 is 30.8 Å². The highest BCUT2D eigenvalue weighted by atomic mass is 32.2. The highest BCUT2D eigenvalue weighted by molar-refractivity contribution is 7.89. The highest BCUT2D eigenvalue weighted by Crippen LogP contribution is 2.33. The summed E-state index contributed by atoms with van der Waals surface area (Å²) >= 11 is 0. The van der Waals surface area contributed by atoms with Gasteiger partial charge >= 0.3 is 6.18 Å². The first-order chi connectivity index (χ1) is 14.4. The minimum Gasteiger partial charge on any atom is -0.455 e. The normalized spacial score (nSPS) is 16.3. The average molecular weight is 458 g/mol. The lowest BCUT2D eigenvalue weighted by atomic mass is 9.88. The third-order valence-electron chi connectivity index (χ3n) is 5.60. The van der Waals surface area contributed by atoms with Crippen LogP contribution in [0.5, 0.6) is 0 Å². The summed E-state index contributed by atoms with van der Waals surface area (Å²) in [6.07, 6.45) is -2.75. The highest BCUT2D eigenvalue weighted by Gasteiger charge is 2.36. The van der Waals surface area contributed by atoms with E-state index in [1.54, 1.807) is 26.0 Å². The van der Waals surface area contributed by atoms with E-state index in [1.807, 2.05) is 6.92 Å². The van der Waals surface area contributed by atoms with E-state index in [0.717, 1.165) is 17.7 Å². The number of hydrogen-bond acceptors (Lipinski definition) is 4. The number of rotatable bonds is 6. The first kappa shape index (κ1) is 23.5. The first-order valence-electron chi connectivity index (χ1n) is 10.1. The van der Waals surface area contributed by atoms with Crippen molar-refractivity contribution in [2.45, 2.75) is 64.1 Å². The number of halogens is 3. The van der Waals surface area contributed by atoms with Crippen molar-refractivity contribution in [3.05, 3.63) is 52.5 Å². The minimum atomic E-state index is -4.64. The molecule has 170 valence electrons. The van der Waals surface area contributed by atoms with Crippen molar-refractivity contribution in [2.75, 3.05) is 6.54 Å². The van der Waals surface area contributed by atoms with Gasteiger partial charge < -0.3 is 4.42 Å². The molecule has 3 rings (SSSR count). The fourth-order valence-electron chi connectivity index (χ4n) is 4.21. The minimum absolute atomic E-state index is 0.0458. The van der Waals surface area contributed by atoms with Crippen LogP contribution >= 0.6 is 0 Å². The Morgan fingerprint density at radius 2 is 1.65 bits per heavy atom. The molecule has 31 heavy (non-hydrogen) atoms. The monoisotopic (exact) mass is 457 g/mol. The van der Waals surface area contributed by atoms with E-state index in [1.165, 1.54) is 4.31 Å². The third kappa shape index (κ3) is 5.38. The molecule has 1 aromatic heterocycles. The zero-order valence-corrected chi connectivity index (χ0v) is 18.6. The Balaban J connectivity index is 1.97. The molecule has 0 saturated heterocycles. The van der Waals surface area contributed by atoms with Crippen LogP contribution in [0.3, 0.4) is 0 Å². The molecule has 0 atom stereocenters. The van der Waals surface area contributed by atoms with Gasteiger partial charge in [-0.05, 0) is 62.8 Å². The van der Waals surface area contributed by atoms with E-state index in [-0.39, 0.29) is 35.4 Å². The summed E-state index contributed by atoms with van der Waals surface area (Å²) in [6.45, 7) is 5.09. The van der Waals surface area contributed by atoms with Crippen LogP contribution in [0.2, 0.25) is 0 Å². The molecule has 0 N–H and O–H groups in total. The molecular formula is C22H26F3NO4S. The average Bonchev–Trinajstić information content (AvgIpc) is 3.11. The van der Waals surface area contributed by atoms with Crippen LogP contribution in [0.4, 0.5) is 13.2 Å². The fourth-order valence-corrected chi connectivity index (χ4v) is 6.10. The number of nitrogens with zero attached hydrogens (tertiary/aromatic N) is 1. The summed E-state index contributed by atoms with van der Waals surface area (Å²) < 4.78 is 72.2. The second-order valence-corrected chi connectivity index (χ2v) is 10.1. The van der Waals surface area contributed by atoms with E-state index in [2.05, 4.69) is 0 Å². The maximum atomic E-state index is 13.6. The molecule has 1 heterocycles. The number of benzene rings is 1. The standard InChI is InChI=1S/C22H26F3NO4S/c1-14-10-15(2)21(16(3)11-14)31(28,29)26(12-17-4-6-18(27)7-5-17)13-19-8-9-20(30-19)22(23,24)25/h8-11,17H,4-7,12-13H2,1-3H3. The molecule has 0 spiro atoms. The zero-order chi connectivity index (χ0) is 23.0. The molecule has 9 heteroatoms. The van der Waals surface area contributed by atoms with Crippen LogP contribution in [0, 0.1) is 26.7 Å². The fraction of sp³-hybridized carbons (Fsp3) is 0.500. The topological polar surface area (TPSA) is 67.6 Å². The molecule has 0 radical (unpaired) electrons. The molecule has 0 aliphatic heterocycles. The molecule has 1 fully saturated rings. The van der Waals surface area contributed by atoms with Gasteiger partial charge in [0.05, 0.1) is 11.4 Å². The predicted molar refractivity (Wildman–Crippen MR) is 109 cm³/mol. The van der Waals surface area contributed by atoms with Crippen LogP contribution in [-0.2, 0) is 27.5 Å². The molecule has 0 bridgehead atoms. The Hall–Kier alpha value is -2.13. The maximum Gasteiger partial charge on any atom is 0.449 e. The number of furan rings is 1. The van der Waals surface area contributed by atoms with Crippen LogP contribution in [0.15, 0.2) is 33.6 Å². The molecule has 1 aliphatic rings. The third-order valence-corrected chi connectivity index (χ3v) is 7.72. The summed E-state index contributed by atoms with van der Waals surface area (Å²) in [7, 11) is -4.01. The Labute approximate surface area is 180 Å². The molecule has 2 aromatic rings. The molecule has 0 unspecified atom stereocenters. The van der Waals surface area contributed by atoms with Gasteiger partial charge in [0.15, 0.2) is 0 Å². The van der Waals surface area contributed by atoms with Gasteiger partial charge in [0.25, 0.3) is 0 Å². The summed E-state index contributed by atoms with van der Waals surface area (Å²) in [5.41, 5.74) is 2.08. The van der Waals surface area contributed by atoms with Crippen LogP contribution in [0.1, 0.15) is 53.9 Å². The predicted octanol–water partition coefficient (Wildman–Crippen LogP) is 5.17. The number of alkyl halides is 3. The number of ketones is 1. The maximum absolute atomic E-state index is 13.6. The van der Waals surface area contributed by atoms with Gasteiger partial charge in [-0.1, -0.05) is 17.7 Å². The van der Waals surface area contributed by atoms with E-state index >= 15 is 0 Å². The molecule has 5 nitrogen and oxygen atoms in total. The van der Waals surface area contributed by atoms with Gasteiger partial charge in [0.1, 0.15) is 11.5 Å². The first-order valence-corrected chi connectivity index (χ1v) is 11.6. The van der Waals surface area contributed by atoms with Crippen LogP contribution in [-0.4, -0.2) is 25.1 Å². The van der Waals surface area contributed by atoms with E-state index < -0.39 is 22.0 Å². The van der Waals surface area contributed by atoms with Crippen molar-refractivity contribution >= 4 is 15.8 Å². The van der Waals surface area contributed by atoms with Gasteiger partial charge in [-0.15, -0.1) is 0 Å². The second kappa shape index (κ2) is 8.78. The van der Waals surface area contributed by atoms with E-state index in [9.17, 15) is 26.4 Å². The van der Waals surface area contributed by atoms with Gasteiger partial charge in [0, 0.05) is 19.4 Å². The number of aryl methyl sites for hydroxylation is 3. The lowest BCUT2D eigenvalue weighted by Crippen LogP contribution is -2.37. The summed E-state index contributed by atoms with van der Waals surface area (Å²) in [5, 5.41) is 0. The Morgan fingerprint density at radius 3 is 2.16 bits per heavy atom. The lowest BCUT2D eigenvalue weighted by molar-refractivity contribution is -0.153. The van der Waals surface area contributed by atoms with E-state index in [4.69, 9.17) is 4.42 Å². The van der Waals surface area contributed by atoms with Crippen molar-refractivity contribution in [3.63, 3.8) is 0 Å². The zero-order valence-electron chi connectivity index (χ0n) is 17.8. The number of carbonyl (C=O) groups is 1. The molecule has 0 amide bonds. The van der Waals surface area contributed by atoms with Gasteiger partial charge in [-0.2, -0.15) is 17.5 Å². The summed E-state index contributed by atoms with van der Waals surface area (Å²) in [5.74, 6) is -1.14. The number of Topliss-reactive ketones (excluding diaryl/α,β-unsaturated/α-hetero) is 1. The smallest absolute Gasteiger partial charge is 0.449 e. The van der Waals surface area contributed by atoms with Crippen molar-refractivity contribution in [1.82, 2.24) is 4.31 Å². The Morgan fingerprint density at radius 1 is 1.06 bits per heavy atom. The van der Waals surface area contributed by atoms with Gasteiger partial charge in [-0.25, -0.2) is 8.42 Å². The molecule has 1 saturated carbocycles. The number of sulfonamides is 1. The Kier molecular flexibility index (Phi) is 6.67. The molecule has 1 aliphatic carbocycles. The van der Waals surface area contributed by atoms with Crippen molar-refractivity contribution in [2.24, 2.45) is 5.92 Å². The second-order valence-electron chi connectivity index (χ2n) is 8.27. The van der Waals surface area contributed by atoms with Crippen LogP contribution < -0.4 is 0 Å². The summed E-state index contributed by atoms with van der Waals surface area (Å²) in [6, 6.07) is 5.50. The largest absolute Gasteiger partial charge is 0.455 e. The van der Waals surface area contributed by atoms with Crippen molar-refractivity contribution in [1.29, 1.82) is 0 Å². The number of hydrogen-bond donors (Lipinski definition) is 0. The van der Waals surface area contributed by atoms with E-state index in [0.29, 0.717) is 36.8 Å². The molecule has 1 aromatic carbocycles. The SMILES string of the molecule is Cc1cc(C)c(S(=O)(=O)N(Cc2ccc(C(F)(F)F)o2)CC2CCC(=O)CC2)c(C)c1. The summed E-state index contributed by atoms with van der Waals surface area (Å²) in [4.78, 5) is 11.7.